The van der Waals surface area contributed by atoms with Crippen molar-refractivity contribution in [2.45, 2.75) is 19.0 Å². The minimum Gasteiger partial charge on any atom is -0.468 e. The van der Waals surface area contributed by atoms with E-state index in [-0.39, 0.29) is 22.6 Å². The number of halogens is 3. The number of thioether (sulfide) groups is 1. The number of hydrogen-bond acceptors (Lipinski definition) is 6. The number of amides is 2. The first-order valence-corrected chi connectivity index (χ1v) is 12.3. The number of nitrogens with one attached hydrogen (secondary N) is 3. The Bertz CT molecular complexity index is 1440. The van der Waals surface area contributed by atoms with E-state index in [0.29, 0.717) is 22.2 Å². The molecule has 4 rings (SSSR count). The Morgan fingerprint density at radius 2 is 1.79 bits per heavy atom. The van der Waals surface area contributed by atoms with E-state index in [2.05, 4.69) is 22.0 Å². The van der Waals surface area contributed by atoms with Crippen LogP contribution < -0.4 is 16.0 Å². The smallest absolute Gasteiger partial charge is 0.416 e. The Balaban J connectivity index is 1.55. The number of allylic oxidation sites excluding steroid dienone is 2. The van der Waals surface area contributed by atoms with Crippen LogP contribution in [0.25, 0.3) is 0 Å². The zero-order valence-corrected chi connectivity index (χ0v) is 20.7. The fourth-order valence-electron chi connectivity index (χ4n) is 3.90. The van der Waals surface area contributed by atoms with Gasteiger partial charge in [-0.15, -0.1) is 0 Å². The summed E-state index contributed by atoms with van der Waals surface area (Å²) in [6.07, 6.45) is -3.10. The molecule has 0 spiro atoms. The fraction of sp³-hybridized carbons (Fsp3) is 0.148. The second-order valence-electron chi connectivity index (χ2n) is 8.20. The van der Waals surface area contributed by atoms with Gasteiger partial charge in [-0.1, -0.05) is 36.0 Å². The van der Waals surface area contributed by atoms with Gasteiger partial charge in [0.2, 0.25) is 5.91 Å². The highest BCUT2D eigenvalue weighted by molar-refractivity contribution is 8.03. The minimum atomic E-state index is -4.54. The van der Waals surface area contributed by atoms with Crippen LogP contribution in [0.15, 0.2) is 99.3 Å². The van der Waals surface area contributed by atoms with Crippen molar-refractivity contribution in [2.24, 2.45) is 0 Å². The Morgan fingerprint density at radius 1 is 1.05 bits per heavy atom. The number of carbonyl (C=O) groups is 2. The van der Waals surface area contributed by atoms with Gasteiger partial charge in [-0.05, 0) is 49.4 Å². The predicted molar refractivity (Wildman–Crippen MR) is 138 cm³/mol. The van der Waals surface area contributed by atoms with Crippen LogP contribution in [0.1, 0.15) is 24.2 Å². The van der Waals surface area contributed by atoms with Gasteiger partial charge in [0.25, 0.3) is 5.91 Å². The number of hydrogen-bond donors (Lipinski definition) is 3. The number of rotatable bonds is 7. The number of anilines is 2. The van der Waals surface area contributed by atoms with Crippen molar-refractivity contribution in [3.63, 3.8) is 0 Å². The van der Waals surface area contributed by atoms with Crippen LogP contribution in [-0.4, -0.2) is 17.6 Å². The number of carbonyl (C=O) groups excluding carboxylic acids is 2. The molecule has 0 fully saturated rings. The molecule has 0 bridgehead atoms. The molecule has 0 aliphatic carbocycles. The summed E-state index contributed by atoms with van der Waals surface area (Å²) in [7, 11) is 0. The zero-order chi connectivity index (χ0) is 27.3. The van der Waals surface area contributed by atoms with Gasteiger partial charge in [0, 0.05) is 17.1 Å². The standard InChI is InChI=1S/C27H21F3N4O3S/c1-16-23(25(36)34-18-8-3-2-4-9-18)24(21-11-6-12-37-21)20(14-31)26(32-16)38-15-22(35)33-19-10-5-7-17(13-19)27(28,29)30/h2-13,24,32H,15H2,1H3,(H,33,35)(H,34,36)/t24-/m0/s1. The summed E-state index contributed by atoms with van der Waals surface area (Å²) in [5.74, 6) is -1.67. The summed E-state index contributed by atoms with van der Waals surface area (Å²) in [5, 5.41) is 18.7. The van der Waals surface area contributed by atoms with Crippen molar-refractivity contribution < 1.29 is 27.2 Å². The van der Waals surface area contributed by atoms with Gasteiger partial charge >= 0.3 is 6.18 Å². The number of para-hydroxylation sites is 1. The number of alkyl halides is 3. The van der Waals surface area contributed by atoms with Crippen molar-refractivity contribution in [1.82, 2.24) is 5.32 Å². The van der Waals surface area contributed by atoms with Gasteiger partial charge in [-0.3, -0.25) is 9.59 Å². The van der Waals surface area contributed by atoms with Crippen LogP contribution in [0.3, 0.4) is 0 Å². The molecule has 7 nitrogen and oxygen atoms in total. The highest BCUT2D eigenvalue weighted by Crippen LogP contribution is 2.41. The quantitative estimate of drug-likeness (QED) is 0.340. The third-order valence-electron chi connectivity index (χ3n) is 5.57. The molecule has 1 aliphatic heterocycles. The molecule has 1 atom stereocenters. The summed E-state index contributed by atoms with van der Waals surface area (Å²) >= 11 is 0.994. The molecule has 0 radical (unpaired) electrons. The maximum absolute atomic E-state index is 13.3. The van der Waals surface area contributed by atoms with Gasteiger partial charge < -0.3 is 20.4 Å². The lowest BCUT2D eigenvalue weighted by atomic mass is 9.85. The van der Waals surface area contributed by atoms with Crippen LogP contribution in [0.5, 0.6) is 0 Å². The molecular weight excluding hydrogens is 517 g/mol. The van der Waals surface area contributed by atoms with Gasteiger partial charge in [-0.2, -0.15) is 18.4 Å². The molecule has 2 heterocycles. The molecular formula is C27H21F3N4O3S. The van der Waals surface area contributed by atoms with Crippen LogP contribution in [0.2, 0.25) is 0 Å². The van der Waals surface area contributed by atoms with Crippen LogP contribution in [0, 0.1) is 11.3 Å². The van der Waals surface area contributed by atoms with E-state index < -0.39 is 29.5 Å². The van der Waals surface area contributed by atoms with Crippen molar-refractivity contribution in [1.29, 1.82) is 5.26 Å². The first-order chi connectivity index (χ1) is 18.2. The molecule has 11 heteroatoms. The fourth-order valence-corrected chi connectivity index (χ4v) is 4.79. The molecule has 38 heavy (non-hydrogen) atoms. The van der Waals surface area contributed by atoms with E-state index in [1.54, 1.807) is 43.3 Å². The molecule has 0 saturated carbocycles. The number of furan rings is 1. The summed E-state index contributed by atoms with van der Waals surface area (Å²) in [5.41, 5.74) is 0.596. The molecule has 2 amide bonds. The Hall–Kier alpha value is -4.43. The molecule has 0 unspecified atom stereocenters. The minimum absolute atomic E-state index is 0.000854. The predicted octanol–water partition coefficient (Wildman–Crippen LogP) is 6.00. The Kier molecular flexibility index (Phi) is 7.93. The molecule has 2 aromatic carbocycles. The molecule has 1 aromatic heterocycles. The molecule has 1 aliphatic rings. The SMILES string of the molecule is CC1=C(C(=O)Nc2ccccc2)[C@H](c2ccco2)C(C#N)=C(SCC(=O)Nc2cccc(C(F)(F)F)c2)N1. The monoisotopic (exact) mass is 538 g/mol. The second kappa shape index (κ2) is 11.3. The van der Waals surface area contributed by atoms with Crippen LogP contribution in [-0.2, 0) is 15.8 Å². The average molecular weight is 539 g/mol. The first kappa shape index (κ1) is 26.6. The van der Waals surface area contributed by atoms with Crippen molar-refractivity contribution in [3.8, 4) is 6.07 Å². The number of nitrogens with zero attached hydrogens (tertiary/aromatic N) is 1. The highest BCUT2D eigenvalue weighted by atomic mass is 32.2. The highest BCUT2D eigenvalue weighted by Gasteiger charge is 2.36. The topological polar surface area (TPSA) is 107 Å². The van der Waals surface area contributed by atoms with E-state index in [9.17, 15) is 28.0 Å². The number of nitriles is 1. The van der Waals surface area contributed by atoms with E-state index in [4.69, 9.17) is 4.42 Å². The number of dihydropyridines is 1. The van der Waals surface area contributed by atoms with Crippen molar-refractivity contribution in [3.05, 3.63) is 106 Å². The van der Waals surface area contributed by atoms with E-state index in [1.165, 1.54) is 18.4 Å². The summed E-state index contributed by atoms with van der Waals surface area (Å²) in [4.78, 5) is 25.8. The lowest BCUT2D eigenvalue weighted by Crippen LogP contribution is -2.31. The Morgan fingerprint density at radius 3 is 2.45 bits per heavy atom. The molecule has 3 N–H and O–H groups in total. The van der Waals surface area contributed by atoms with Crippen molar-refractivity contribution in [2.75, 3.05) is 16.4 Å². The summed E-state index contributed by atoms with van der Waals surface area (Å²) in [6.45, 7) is 1.67. The maximum Gasteiger partial charge on any atom is 0.416 e. The van der Waals surface area contributed by atoms with E-state index >= 15 is 0 Å². The van der Waals surface area contributed by atoms with E-state index in [1.807, 2.05) is 6.07 Å². The van der Waals surface area contributed by atoms with Crippen molar-refractivity contribution >= 4 is 35.0 Å². The van der Waals surface area contributed by atoms with E-state index in [0.717, 1.165) is 23.9 Å². The van der Waals surface area contributed by atoms with Gasteiger partial charge in [-0.25, -0.2) is 0 Å². The second-order valence-corrected chi connectivity index (χ2v) is 9.19. The first-order valence-electron chi connectivity index (χ1n) is 11.3. The lowest BCUT2D eigenvalue weighted by Gasteiger charge is -2.28. The number of benzene rings is 2. The molecule has 194 valence electrons. The van der Waals surface area contributed by atoms with Crippen LogP contribution >= 0.6 is 11.8 Å². The van der Waals surface area contributed by atoms with Gasteiger partial charge in [0.1, 0.15) is 5.76 Å². The Labute approximate surface area is 220 Å². The van der Waals surface area contributed by atoms with Gasteiger partial charge in [0.15, 0.2) is 0 Å². The normalized spacial score (nSPS) is 15.5. The third-order valence-corrected chi connectivity index (χ3v) is 6.59. The molecule has 0 saturated heterocycles. The lowest BCUT2D eigenvalue weighted by molar-refractivity contribution is -0.137. The third kappa shape index (κ3) is 6.10. The largest absolute Gasteiger partial charge is 0.468 e. The maximum atomic E-state index is 13.3. The van der Waals surface area contributed by atoms with Crippen LogP contribution in [0.4, 0.5) is 24.5 Å². The van der Waals surface area contributed by atoms with Gasteiger partial charge in [0.05, 0.1) is 45.7 Å². The summed E-state index contributed by atoms with van der Waals surface area (Å²) < 4.78 is 44.5. The zero-order valence-electron chi connectivity index (χ0n) is 19.9. The average Bonchev–Trinajstić information content (AvgIpc) is 3.42. The molecule has 3 aromatic rings. The summed E-state index contributed by atoms with van der Waals surface area (Å²) in [6, 6.07) is 18.6.